The van der Waals surface area contributed by atoms with E-state index in [2.05, 4.69) is 49.5 Å². The lowest BCUT2D eigenvalue weighted by Crippen LogP contribution is -2.24. The standard InChI is InChI=1S/C19H25NO/c1-3-12-20-19(14-16-6-5-7-18(21)13-16)17-10-8-15(4-2)9-11-17/h5-11,13,19-21H,3-4,12,14H2,1-2H3. The summed E-state index contributed by atoms with van der Waals surface area (Å²) in [5.74, 6) is 0.336. The molecule has 0 saturated carbocycles. The minimum absolute atomic E-state index is 0.289. The quantitative estimate of drug-likeness (QED) is 0.796. The van der Waals surface area contributed by atoms with Gasteiger partial charge in [-0.15, -0.1) is 0 Å². The first-order valence-corrected chi connectivity index (χ1v) is 7.83. The monoisotopic (exact) mass is 283 g/mol. The van der Waals surface area contributed by atoms with Crippen molar-refractivity contribution >= 4 is 0 Å². The molecule has 0 heterocycles. The number of nitrogens with one attached hydrogen (secondary N) is 1. The molecule has 2 aromatic carbocycles. The second kappa shape index (κ2) is 7.84. The minimum Gasteiger partial charge on any atom is -0.508 e. The Labute approximate surface area is 127 Å². The molecular weight excluding hydrogens is 258 g/mol. The molecule has 0 aliphatic heterocycles. The van der Waals surface area contributed by atoms with Crippen LogP contribution in [0.1, 0.15) is 43.0 Å². The molecule has 1 atom stereocenters. The van der Waals surface area contributed by atoms with Crippen molar-refractivity contribution in [1.29, 1.82) is 0 Å². The minimum atomic E-state index is 0.289. The Hall–Kier alpha value is -1.80. The number of aryl methyl sites for hydroxylation is 1. The molecule has 2 aromatic rings. The Balaban J connectivity index is 2.16. The average Bonchev–Trinajstić information content (AvgIpc) is 2.51. The van der Waals surface area contributed by atoms with Gasteiger partial charge in [0, 0.05) is 6.04 Å². The van der Waals surface area contributed by atoms with Crippen molar-refractivity contribution in [3.63, 3.8) is 0 Å². The highest BCUT2D eigenvalue weighted by molar-refractivity contribution is 5.31. The largest absolute Gasteiger partial charge is 0.508 e. The fraction of sp³-hybridized carbons (Fsp3) is 0.368. The molecular formula is C19H25NO. The lowest BCUT2D eigenvalue weighted by molar-refractivity contribution is 0.473. The maximum absolute atomic E-state index is 9.62. The first-order chi connectivity index (χ1) is 10.2. The molecule has 2 N–H and O–H groups in total. The summed E-state index contributed by atoms with van der Waals surface area (Å²) in [6.07, 6.45) is 3.07. The summed E-state index contributed by atoms with van der Waals surface area (Å²) >= 11 is 0. The van der Waals surface area contributed by atoms with E-state index < -0.39 is 0 Å². The fourth-order valence-electron chi connectivity index (χ4n) is 2.53. The second-order valence-electron chi connectivity index (χ2n) is 5.48. The highest BCUT2D eigenvalue weighted by atomic mass is 16.3. The lowest BCUT2D eigenvalue weighted by atomic mass is 9.97. The third-order valence-corrected chi connectivity index (χ3v) is 3.78. The maximum atomic E-state index is 9.62. The van der Waals surface area contributed by atoms with Crippen molar-refractivity contribution in [2.45, 2.75) is 39.2 Å². The predicted octanol–water partition coefficient (Wildman–Crippen LogP) is 4.24. The SMILES string of the molecule is CCCNC(Cc1cccc(O)c1)c1ccc(CC)cc1. The zero-order valence-corrected chi connectivity index (χ0v) is 13.0. The van der Waals surface area contributed by atoms with Gasteiger partial charge in [0.15, 0.2) is 0 Å². The molecule has 21 heavy (non-hydrogen) atoms. The second-order valence-corrected chi connectivity index (χ2v) is 5.48. The number of phenols is 1. The zero-order chi connectivity index (χ0) is 15.1. The average molecular weight is 283 g/mol. The van der Waals surface area contributed by atoms with Crippen molar-refractivity contribution in [3.05, 3.63) is 65.2 Å². The van der Waals surface area contributed by atoms with Crippen LogP contribution < -0.4 is 5.32 Å². The van der Waals surface area contributed by atoms with Crippen LogP contribution in [0.5, 0.6) is 5.75 Å². The van der Waals surface area contributed by atoms with Crippen molar-refractivity contribution in [3.8, 4) is 5.75 Å². The summed E-state index contributed by atoms with van der Waals surface area (Å²) in [4.78, 5) is 0. The summed E-state index contributed by atoms with van der Waals surface area (Å²) in [6.45, 7) is 5.35. The van der Waals surface area contributed by atoms with Crippen LogP contribution in [0.3, 0.4) is 0 Å². The Morgan fingerprint density at radius 3 is 2.38 bits per heavy atom. The van der Waals surface area contributed by atoms with Crippen LogP contribution in [0.25, 0.3) is 0 Å². The van der Waals surface area contributed by atoms with Gasteiger partial charge in [0.2, 0.25) is 0 Å². The third-order valence-electron chi connectivity index (χ3n) is 3.78. The molecule has 0 bridgehead atoms. The number of phenolic OH excluding ortho intramolecular Hbond substituents is 1. The van der Waals surface area contributed by atoms with Crippen LogP contribution in [0, 0.1) is 0 Å². The van der Waals surface area contributed by atoms with E-state index in [1.54, 1.807) is 6.07 Å². The molecule has 0 amide bonds. The van der Waals surface area contributed by atoms with Gasteiger partial charge in [0.25, 0.3) is 0 Å². The van der Waals surface area contributed by atoms with Gasteiger partial charge in [-0.3, -0.25) is 0 Å². The Kier molecular flexibility index (Phi) is 5.82. The maximum Gasteiger partial charge on any atom is 0.115 e. The molecule has 0 aliphatic rings. The third kappa shape index (κ3) is 4.61. The normalized spacial score (nSPS) is 12.3. The summed E-state index contributed by atoms with van der Waals surface area (Å²) < 4.78 is 0. The van der Waals surface area contributed by atoms with Crippen LogP contribution in [-0.4, -0.2) is 11.7 Å². The van der Waals surface area contributed by atoms with Crippen LogP contribution in [0.4, 0.5) is 0 Å². The highest BCUT2D eigenvalue weighted by Crippen LogP contribution is 2.21. The van der Waals surface area contributed by atoms with Gasteiger partial charge in [-0.05, 0) is 54.6 Å². The Morgan fingerprint density at radius 2 is 1.76 bits per heavy atom. The van der Waals surface area contributed by atoms with E-state index in [4.69, 9.17) is 0 Å². The van der Waals surface area contributed by atoms with Gasteiger partial charge in [0.1, 0.15) is 5.75 Å². The van der Waals surface area contributed by atoms with Crippen LogP contribution >= 0.6 is 0 Å². The molecule has 2 nitrogen and oxygen atoms in total. The number of rotatable bonds is 7. The summed E-state index contributed by atoms with van der Waals surface area (Å²) in [7, 11) is 0. The number of hydrogen-bond donors (Lipinski definition) is 2. The molecule has 112 valence electrons. The summed E-state index contributed by atoms with van der Waals surface area (Å²) in [5, 5.41) is 13.2. The topological polar surface area (TPSA) is 32.3 Å². The smallest absolute Gasteiger partial charge is 0.115 e. The van der Waals surface area contributed by atoms with Gasteiger partial charge < -0.3 is 10.4 Å². The van der Waals surface area contributed by atoms with Gasteiger partial charge in [-0.25, -0.2) is 0 Å². The van der Waals surface area contributed by atoms with E-state index in [0.29, 0.717) is 5.75 Å². The molecule has 0 aromatic heterocycles. The first-order valence-electron chi connectivity index (χ1n) is 7.83. The molecule has 2 heteroatoms. The van der Waals surface area contributed by atoms with Gasteiger partial charge >= 0.3 is 0 Å². The molecule has 0 spiro atoms. The van der Waals surface area contributed by atoms with Crippen molar-refractivity contribution in [2.75, 3.05) is 6.54 Å². The van der Waals surface area contributed by atoms with Crippen molar-refractivity contribution < 1.29 is 5.11 Å². The highest BCUT2D eigenvalue weighted by Gasteiger charge is 2.11. The van der Waals surface area contributed by atoms with Crippen molar-refractivity contribution in [2.24, 2.45) is 0 Å². The Bertz CT molecular complexity index is 548. The van der Waals surface area contributed by atoms with E-state index in [-0.39, 0.29) is 6.04 Å². The number of hydrogen-bond acceptors (Lipinski definition) is 2. The zero-order valence-electron chi connectivity index (χ0n) is 13.0. The van der Waals surface area contributed by atoms with E-state index >= 15 is 0 Å². The first kappa shape index (κ1) is 15.6. The Morgan fingerprint density at radius 1 is 1.00 bits per heavy atom. The summed E-state index contributed by atoms with van der Waals surface area (Å²) in [5.41, 5.74) is 3.83. The van der Waals surface area contributed by atoms with Gasteiger partial charge in [0.05, 0.1) is 0 Å². The van der Waals surface area contributed by atoms with Crippen LogP contribution in [0.15, 0.2) is 48.5 Å². The van der Waals surface area contributed by atoms with E-state index in [0.717, 1.165) is 31.4 Å². The number of aromatic hydroxyl groups is 1. The fourth-order valence-corrected chi connectivity index (χ4v) is 2.53. The lowest BCUT2D eigenvalue weighted by Gasteiger charge is -2.19. The molecule has 0 fully saturated rings. The van der Waals surface area contributed by atoms with Gasteiger partial charge in [-0.2, -0.15) is 0 Å². The van der Waals surface area contributed by atoms with Gasteiger partial charge in [-0.1, -0.05) is 50.2 Å². The van der Waals surface area contributed by atoms with Crippen molar-refractivity contribution in [1.82, 2.24) is 5.32 Å². The van der Waals surface area contributed by atoms with Crippen LogP contribution in [0.2, 0.25) is 0 Å². The van der Waals surface area contributed by atoms with E-state index in [9.17, 15) is 5.11 Å². The molecule has 0 saturated heterocycles. The van der Waals surface area contributed by atoms with E-state index in [1.165, 1.54) is 11.1 Å². The molecule has 0 radical (unpaired) electrons. The number of benzene rings is 2. The molecule has 2 rings (SSSR count). The summed E-state index contributed by atoms with van der Waals surface area (Å²) in [6, 6.07) is 16.7. The van der Waals surface area contributed by atoms with Crippen LogP contribution in [-0.2, 0) is 12.8 Å². The molecule has 1 unspecified atom stereocenters. The van der Waals surface area contributed by atoms with E-state index in [1.807, 2.05) is 12.1 Å². The predicted molar refractivity (Wildman–Crippen MR) is 88.7 cm³/mol. The molecule has 0 aliphatic carbocycles.